The number of piperidine rings is 1. The molecular formula is C22H25ClN4O3S. The molecule has 1 aliphatic heterocycles. The molecule has 7 nitrogen and oxygen atoms in total. The van der Waals surface area contributed by atoms with E-state index in [1.165, 1.54) is 12.1 Å². The first-order valence-electron chi connectivity index (χ1n) is 10.2. The Kier molecular flexibility index (Phi) is 6.16. The molecule has 164 valence electrons. The molecule has 4 rings (SSSR count). The van der Waals surface area contributed by atoms with Crippen molar-refractivity contribution >= 4 is 32.5 Å². The molecule has 0 saturated carbocycles. The van der Waals surface area contributed by atoms with Gasteiger partial charge in [-0.25, -0.2) is 18.1 Å². The normalized spacial score (nSPS) is 17.1. The van der Waals surface area contributed by atoms with Crippen molar-refractivity contribution in [2.45, 2.75) is 36.7 Å². The SMILES string of the molecule is CC(c1nc2ccccc2c(=O)n1C)N1CCC(NS(=O)(=O)c2ccc(Cl)cc2)CC1. The lowest BCUT2D eigenvalue weighted by molar-refractivity contribution is 0.151. The molecule has 1 fully saturated rings. The third-order valence-electron chi connectivity index (χ3n) is 5.91. The highest BCUT2D eigenvalue weighted by Crippen LogP contribution is 2.24. The number of fused-ring (bicyclic) bond motifs is 1. The van der Waals surface area contributed by atoms with E-state index in [-0.39, 0.29) is 22.5 Å². The van der Waals surface area contributed by atoms with Crippen molar-refractivity contribution in [1.82, 2.24) is 19.2 Å². The Labute approximate surface area is 186 Å². The van der Waals surface area contributed by atoms with E-state index in [4.69, 9.17) is 16.6 Å². The van der Waals surface area contributed by atoms with Gasteiger partial charge in [-0.05, 0) is 56.2 Å². The molecule has 0 aliphatic carbocycles. The Bertz CT molecular complexity index is 1250. The Morgan fingerprint density at radius 2 is 1.74 bits per heavy atom. The predicted molar refractivity (Wildman–Crippen MR) is 122 cm³/mol. The monoisotopic (exact) mass is 460 g/mol. The van der Waals surface area contributed by atoms with Gasteiger partial charge in [-0.1, -0.05) is 23.7 Å². The molecule has 1 atom stereocenters. The van der Waals surface area contributed by atoms with Crippen LogP contribution in [0.1, 0.15) is 31.6 Å². The number of nitrogens with zero attached hydrogens (tertiary/aromatic N) is 3. The van der Waals surface area contributed by atoms with Gasteiger partial charge in [0.1, 0.15) is 5.82 Å². The van der Waals surface area contributed by atoms with Crippen LogP contribution >= 0.6 is 11.6 Å². The first kappa shape index (κ1) is 22.0. The zero-order chi connectivity index (χ0) is 22.2. The van der Waals surface area contributed by atoms with Crippen LogP contribution in [0.3, 0.4) is 0 Å². The summed E-state index contributed by atoms with van der Waals surface area (Å²) in [4.78, 5) is 19.9. The quantitative estimate of drug-likeness (QED) is 0.632. The minimum Gasteiger partial charge on any atom is -0.298 e. The van der Waals surface area contributed by atoms with Gasteiger partial charge in [0.25, 0.3) is 5.56 Å². The van der Waals surface area contributed by atoms with Crippen molar-refractivity contribution in [2.75, 3.05) is 13.1 Å². The maximum Gasteiger partial charge on any atom is 0.261 e. The van der Waals surface area contributed by atoms with Gasteiger partial charge in [0.15, 0.2) is 0 Å². The Morgan fingerprint density at radius 1 is 1.10 bits per heavy atom. The highest BCUT2D eigenvalue weighted by Gasteiger charge is 2.28. The number of benzene rings is 2. The zero-order valence-electron chi connectivity index (χ0n) is 17.5. The highest BCUT2D eigenvalue weighted by molar-refractivity contribution is 7.89. The van der Waals surface area contributed by atoms with Crippen molar-refractivity contribution in [1.29, 1.82) is 0 Å². The van der Waals surface area contributed by atoms with Crippen LogP contribution in [-0.4, -0.2) is 42.0 Å². The van der Waals surface area contributed by atoms with E-state index in [1.807, 2.05) is 25.1 Å². The fourth-order valence-electron chi connectivity index (χ4n) is 4.08. The second kappa shape index (κ2) is 8.70. The summed E-state index contributed by atoms with van der Waals surface area (Å²) in [5.74, 6) is 0.712. The van der Waals surface area contributed by atoms with E-state index in [0.717, 1.165) is 0 Å². The van der Waals surface area contributed by atoms with E-state index < -0.39 is 10.0 Å². The van der Waals surface area contributed by atoms with Gasteiger partial charge in [0.05, 0.1) is 21.8 Å². The smallest absolute Gasteiger partial charge is 0.261 e. The van der Waals surface area contributed by atoms with Crippen LogP contribution in [0.25, 0.3) is 10.9 Å². The maximum atomic E-state index is 12.7. The predicted octanol–water partition coefficient (Wildman–Crippen LogP) is 3.09. The number of hydrogen-bond donors (Lipinski definition) is 1. The standard InChI is InChI=1S/C22H25ClN4O3S/c1-15(21-24-20-6-4-3-5-19(20)22(28)26(21)2)27-13-11-17(12-14-27)25-31(29,30)18-9-7-16(23)8-10-18/h3-10,15,17,25H,11-14H2,1-2H3. The lowest BCUT2D eigenvalue weighted by Crippen LogP contribution is -2.46. The number of aromatic nitrogens is 2. The molecule has 3 aromatic rings. The number of likely N-dealkylation sites (tertiary alicyclic amines) is 1. The fraction of sp³-hybridized carbons (Fsp3) is 0.364. The van der Waals surface area contributed by atoms with E-state index in [1.54, 1.807) is 29.8 Å². The molecule has 9 heteroatoms. The molecule has 31 heavy (non-hydrogen) atoms. The Morgan fingerprint density at radius 3 is 2.42 bits per heavy atom. The van der Waals surface area contributed by atoms with Crippen LogP contribution in [0.5, 0.6) is 0 Å². The number of rotatable bonds is 5. The van der Waals surface area contributed by atoms with Gasteiger partial charge in [-0.15, -0.1) is 0 Å². The van der Waals surface area contributed by atoms with Crippen molar-refractivity contribution in [3.05, 3.63) is 69.7 Å². The molecule has 1 saturated heterocycles. The largest absolute Gasteiger partial charge is 0.298 e. The summed E-state index contributed by atoms with van der Waals surface area (Å²) in [6.07, 6.45) is 1.36. The number of para-hydroxylation sites is 1. The lowest BCUT2D eigenvalue weighted by Gasteiger charge is -2.36. The van der Waals surface area contributed by atoms with E-state index in [2.05, 4.69) is 9.62 Å². The minimum absolute atomic E-state index is 0.0574. The maximum absolute atomic E-state index is 12.7. The molecule has 0 amide bonds. The molecule has 1 aromatic heterocycles. The number of sulfonamides is 1. The minimum atomic E-state index is -3.59. The Hall–Kier alpha value is -2.26. The summed E-state index contributed by atoms with van der Waals surface area (Å²) in [5, 5.41) is 1.11. The molecule has 1 N–H and O–H groups in total. The van der Waals surface area contributed by atoms with E-state index in [0.29, 0.717) is 47.7 Å². The molecule has 2 aromatic carbocycles. The summed E-state index contributed by atoms with van der Waals surface area (Å²) in [7, 11) is -1.84. The van der Waals surface area contributed by atoms with Gasteiger partial charge in [-0.2, -0.15) is 0 Å². The van der Waals surface area contributed by atoms with Crippen molar-refractivity contribution in [2.24, 2.45) is 7.05 Å². The van der Waals surface area contributed by atoms with Gasteiger partial charge < -0.3 is 0 Å². The Balaban J connectivity index is 1.45. The average molecular weight is 461 g/mol. The summed E-state index contributed by atoms with van der Waals surface area (Å²) in [6.45, 7) is 3.45. The molecule has 0 radical (unpaired) electrons. The van der Waals surface area contributed by atoms with Crippen LogP contribution in [0.4, 0.5) is 0 Å². The summed E-state index contributed by atoms with van der Waals surface area (Å²) >= 11 is 5.86. The lowest BCUT2D eigenvalue weighted by atomic mass is 10.0. The molecular weight excluding hydrogens is 436 g/mol. The molecule has 0 bridgehead atoms. The third-order valence-corrected chi connectivity index (χ3v) is 7.70. The van der Waals surface area contributed by atoms with E-state index in [9.17, 15) is 13.2 Å². The number of hydrogen-bond acceptors (Lipinski definition) is 5. The number of nitrogens with one attached hydrogen (secondary N) is 1. The average Bonchev–Trinajstić information content (AvgIpc) is 2.76. The molecule has 2 heterocycles. The first-order chi connectivity index (χ1) is 14.8. The van der Waals surface area contributed by atoms with Gasteiger partial charge in [0.2, 0.25) is 10.0 Å². The second-order valence-corrected chi connectivity index (χ2v) is 10.1. The summed E-state index contributed by atoms with van der Waals surface area (Å²) in [5.41, 5.74) is 0.635. The van der Waals surface area contributed by atoms with Crippen LogP contribution in [0.2, 0.25) is 5.02 Å². The zero-order valence-corrected chi connectivity index (χ0v) is 19.0. The molecule has 1 unspecified atom stereocenters. The van der Waals surface area contributed by atoms with Crippen LogP contribution in [0.15, 0.2) is 58.2 Å². The van der Waals surface area contributed by atoms with Crippen molar-refractivity contribution < 1.29 is 8.42 Å². The summed E-state index contributed by atoms with van der Waals surface area (Å²) in [6, 6.07) is 13.3. The second-order valence-electron chi connectivity index (χ2n) is 7.91. The molecule has 1 aliphatic rings. The van der Waals surface area contributed by atoms with Crippen LogP contribution < -0.4 is 10.3 Å². The van der Waals surface area contributed by atoms with Crippen molar-refractivity contribution in [3.8, 4) is 0 Å². The fourth-order valence-corrected chi connectivity index (χ4v) is 5.51. The van der Waals surface area contributed by atoms with Crippen LogP contribution in [0, 0.1) is 0 Å². The first-order valence-corrected chi connectivity index (χ1v) is 12.1. The van der Waals surface area contributed by atoms with E-state index >= 15 is 0 Å². The third kappa shape index (κ3) is 4.52. The van der Waals surface area contributed by atoms with Gasteiger partial charge >= 0.3 is 0 Å². The van der Waals surface area contributed by atoms with Crippen molar-refractivity contribution in [3.63, 3.8) is 0 Å². The van der Waals surface area contributed by atoms with Gasteiger partial charge in [0, 0.05) is 31.2 Å². The van der Waals surface area contributed by atoms with Gasteiger partial charge in [-0.3, -0.25) is 14.3 Å². The summed E-state index contributed by atoms with van der Waals surface area (Å²) < 4.78 is 29.7. The topological polar surface area (TPSA) is 84.3 Å². The number of halogens is 1. The highest BCUT2D eigenvalue weighted by atomic mass is 35.5. The molecule has 0 spiro atoms. The van der Waals surface area contributed by atoms with Crippen LogP contribution in [-0.2, 0) is 17.1 Å².